The Morgan fingerprint density at radius 3 is 2.64 bits per heavy atom. The van der Waals surface area contributed by atoms with Crippen molar-refractivity contribution < 1.29 is 18.1 Å². The minimum absolute atomic E-state index is 0.510. The van der Waals surface area contributed by atoms with Gasteiger partial charge in [0.05, 0.1) is 36.6 Å². The van der Waals surface area contributed by atoms with Gasteiger partial charge in [-0.15, -0.1) is 11.3 Å². The van der Waals surface area contributed by atoms with Gasteiger partial charge in [-0.1, -0.05) is 12.1 Å². The van der Waals surface area contributed by atoms with Crippen LogP contribution >= 0.6 is 23.6 Å². The third-order valence-corrected chi connectivity index (χ3v) is 6.01. The molecular weight excluding hydrogens is 407 g/mol. The number of rotatable bonds is 4. The zero-order valence-corrected chi connectivity index (χ0v) is 16.5. The fourth-order valence-electron chi connectivity index (χ4n) is 3.33. The summed E-state index contributed by atoms with van der Waals surface area (Å²) in [6.07, 6.45) is -4.32. The largest absolute Gasteiger partial charge is 0.416 e. The lowest BCUT2D eigenvalue weighted by molar-refractivity contribution is -0.924. The molecule has 3 aromatic rings. The van der Waals surface area contributed by atoms with E-state index in [2.05, 4.69) is 10.1 Å². The molecule has 0 saturated carbocycles. The Balaban J connectivity index is 1.39. The normalized spacial score (nSPS) is 15.9. The molecule has 1 fully saturated rings. The number of nitrogens with zero attached hydrogens (tertiary/aromatic N) is 3. The van der Waals surface area contributed by atoms with E-state index < -0.39 is 11.7 Å². The summed E-state index contributed by atoms with van der Waals surface area (Å²) in [5.41, 5.74) is 0.0108. The summed E-state index contributed by atoms with van der Waals surface area (Å²) in [5, 5.41) is 5.24. The van der Waals surface area contributed by atoms with Crippen LogP contribution in [0.25, 0.3) is 10.7 Å². The van der Waals surface area contributed by atoms with Gasteiger partial charge in [-0.25, -0.2) is 4.68 Å². The predicted octanol–water partition coefficient (Wildman–Crippen LogP) is 3.05. The fraction of sp³-hybridized carbons (Fsp3) is 0.333. The van der Waals surface area contributed by atoms with Crippen LogP contribution in [-0.2, 0) is 12.8 Å². The van der Waals surface area contributed by atoms with E-state index in [9.17, 15) is 13.2 Å². The monoisotopic (exact) mass is 426 g/mol. The van der Waals surface area contributed by atoms with E-state index in [-0.39, 0.29) is 0 Å². The molecule has 0 spiro atoms. The summed E-state index contributed by atoms with van der Waals surface area (Å²) in [6, 6.07) is 9.49. The molecule has 148 valence electrons. The maximum atomic E-state index is 12.9. The number of hydrogen-bond donors (Lipinski definition) is 2. The molecule has 2 aromatic heterocycles. The number of nitrogens with one attached hydrogen (secondary N) is 2. The van der Waals surface area contributed by atoms with Crippen molar-refractivity contribution >= 4 is 29.2 Å². The van der Waals surface area contributed by atoms with Crippen LogP contribution in [0, 0.1) is 4.77 Å². The molecule has 1 aromatic carbocycles. The molecule has 1 aliphatic rings. The van der Waals surface area contributed by atoms with E-state index in [0.29, 0.717) is 30.2 Å². The summed E-state index contributed by atoms with van der Waals surface area (Å²) < 4.78 is 41.2. The Morgan fingerprint density at radius 1 is 1.18 bits per heavy atom. The first kappa shape index (κ1) is 19.2. The lowest BCUT2D eigenvalue weighted by atomic mass is 10.1. The number of aromatic nitrogens is 3. The van der Waals surface area contributed by atoms with Crippen molar-refractivity contribution in [1.29, 1.82) is 0 Å². The Hall–Kier alpha value is -2.17. The molecule has 0 atom stereocenters. The van der Waals surface area contributed by atoms with Gasteiger partial charge in [0.1, 0.15) is 0 Å². The van der Waals surface area contributed by atoms with E-state index in [0.717, 1.165) is 29.9 Å². The first-order valence-corrected chi connectivity index (χ1v) is 10.2. The van der Waals surface area contributed by atoms with Crippen molar-refractivity contribution in [3.05, 3.63) is 52.1 Å². The summed E-state index contributed by atoms with van der Waals surface area (Å²) in [5.74, 6) is 0.766. The van der Waals surface area contributed by atoms with E-state index in [1.165, 1.54) is 17.0 Å². The van der Waals surface area contributed by atoms with Crippen LogP contribution in [0.2, 0.25) is 0 Å². The molecule has 4 rings (SSSR count). The molecular formula is C18H19F3N5S2+. The Kier molecular flexibility index (Phi) is 5.26. The highest BCUT2D eigenvalue weighted by molar-refractivity contribution is 7.71. The fourth-order valence-corrected chi connectivity index (χ4v) is 4.19. The molecule has 0 amide bonds. The molecule has 0 unspecified atom stereocenters. The van der Waals surface area contributed by atoms with Gasteiger partial charge < -0.3 is 9.80 Å². The van der Waals surface area contributed by atoms with Gasteiger partial charge in [0.2, 0.25) is 4.77 Å². The molecule has 0 radical (unpaired) electrons. The Labute approximate surface area is 169 Å². The summed E-state index contributed by atoms with van der Waals surface area (Å²) in [4.78, 5) is 8.76. The van der Waals surface area contributed by atoms with Crippen LogP contribution in [0.1, 0.15) is 5.56 Å². The van der Waals surface area contributed by atoms with Gasteiger partial charge in [-0.3, -0.25) is 5.10 Å². The number of benzene rings is 1. The number of piperazine rings is 1. The molecule has 28 heavy (non-hydrogen) atoms. The van der Waals surface area contributed by atoms with Crippen LogP contribution in [0.15, 0.2) is 41.8 Å². The van der Waals surface area contributed by atoms with E-state index in [4.69, 9.17) is 12.2 Å². The van der Waals surface area contributed by atoms with Crippen molar-refractivity contribution in [1.82, 2.24) is 14.8 Å². The van der Waals surface area contributed by atoms with Crippen LogP contribution in [0.3, 0.4) is 0 Å². The minimum atomic E-state index is -4.32. The number of quaternary nitrogens is 1. The number of hydrogen-bond acceptors (Lipinski definition) is 4. The van der Waals surface area contributed by atoms with Gasteiger partial charge in [-0.2, -0.15) is 18.2 Å². The Morgan fingerprint density at radius 2 is 1.96 bits per heavy atom. The number of thiophene rings is 1. The van der Waals surface area contributed by atoms with Crippen molar-refractivity contribution in [2.24, 2.45) is 0 Å². The van der Waals surface area contributed by atoms with Crippen LogP contribution in [0.4, 0.5) is 18.9 Å². The molecule has 0 bridgehead atoms. The van der Waals surface area contributed by atoms with Crippen molar-refractivity contribution in [3.8, 4) is 10.7 Å². The highest BCUT2D eigenvalue weighted by atomic mass is 32.1. The Bertz CT molecular complexity index is 985. The average Bonchev–Trinajstić information content (AvgIpc) is 3.32. The minimum Gasteiger partial charge on any atom is -0.360 e. The lowest BCUT2D eigenvalue weighted by Gasteiger charge is -2.33. The second-order valence-electron chi connectivity index (χ2n) is 6.70. The number of anilines is 1. The van der Waals surface area contributed by atoms with Gasteiger partial charge in [0, 0.05) is 5.69 Å². The molecule has 10 heteroatoms. The molecule has 2 N–H and O–H groups in total. The second kappa shape index (κ2) is 7.69. The quantitative estimate of drug-likeness (QED) is 0.630. The number of aromatic amines is 1. The van der Waals surface area contributed by atoms with Crippen LogP contribution < -0.4 is 9.80 Å². The summed E-state index contributed by atoms with van der Waals surface area (Å²) in [6.45, 7) is 3.66. The highest BCUT2D eigenvalue weighted by Gasteiger charge is 2.31. The molecule has 1 aliphatic heterocycles. The maximum absolute atomic E-state index is 12.9. The SMILES string of the molecule is FC(F)(F)c1cccc(N2CC[NH+](Cn3[nH]c(-c4cccs4)nc3=S)CC2)c1. The summed E-state index contributed by atoms with van der Waals surface area (Å²) in [7, 11) is 0. The molecule has 5 nitrogen and oxygen atoms in total. The van der Waals surface area contributed by atoms with E-state index in [1.807, 2.05) is 27.1 Å². The second-order valence-corrected chi connectivity index (χ2v) is 8.02. The van der Waals surface area contributed by atoms with Crippen LogP contribution in [-0.4, -0.2) is 40.9 Å². The highest BCUT2D eigenvalue weighted by Crippen LogP contribution is 2.31. The van der Waals surface area contributed by atoms with Gasteiger partial charge in [0.15, 0.2) is 12.5 Å². The smallest absolute Gasteiger partial charge is 0.360 e. The first-order valence-electron chi connectivity index (χ1n) is 8.86. The maximum Gasteiger partial charge on any atom is 0.416 e. The van der Waals surface area contributed by atoms with Gasteiger partial charge in [0.25, 0.3) is 0 Å². The lowest BCUT2D eigenvalue weighted by Crippen LogP contribution is -3.14. The molecule has 3 heterocycles. The molecule has 0 aliphatic carbocycles. The van der Waals surface area contributed by atoms with Crippen molar-refractivity contribution in [2.75, 3.05) is 31.1 Å². The zero-order chi connectivity index (χ0) is 19.7. The third kappa shape index (κ3) is 4.13. The van der Waals surface area contributed by atoms with Crippen molar-refractivity contribution in [3.63, 3.8) is 0 Å². The van der Waals surface area contributed by atoms with Crippen molar-refractivity contribution in [2.45, 2.75) is 12.8 Å². The van der Waals surface area contributed by atoms with E-state index >= 15 is 0 Å². The first-order chi connectivity index (χ1) is 13.4. The predicted molar refractivity (Wildman–Crippen MR) is 105 cm³/mol. The van der Waals surface area contributed by atoms with E-state index in [1.54, 1.807) is 17.4 Å². The number of halogens is 3. The topological polar surface area (TPSA) is 41.3 Å². The van der Waals surface area contributed by atoms with Gasteiger partial charge in [-0.05, 0) is 41.9 Å². The molecule has 1 saturated heterocycles. The summed E-state index contributed by atoms with van der Waals surface area (Å²) >= 11 is 6.96. The van der Waals surface area contributed by atoms with Gasteiger partial charge >= 0.3 is 6.18 Å². The zero-order valence-electron chi connectivity index (χ0n) is 14.9. The number of H-pyrrole nitrogens is 1. The number of alkyl halides is 3. The van der Waals surface area contributed by atoms with Crippen LogP contribution in [0.5, 0.6) is 0 Å². The third-order valence-electron chi connectivity index (χ3n) is 4.82. The average molecular weight is 427 g/mol. The standard InChI is InChI=1S/C18H18F3N5S2/c19-18(20,21)13-3-1-4-14(11-13)25-8-6-24(7-9-25)12-26-17(27)22-16(23-26)15-5-2-10-28-15/h1-5,10-11H,6-9,12H2,(H,22,23,27)/p+1.